The van der Waals surface area contributed by atoms with E-state index in [1.807, 2.05) is 0 Å². The van der Waals surface area contributed by atoms with Gasteiger partial charge in [-0.25, -0.2) is 4.39 Å². The molecular formula is C13H16BrFN2O2. The van der Waals surface area contributed by atoms with E-state index in [0.717, 1.165) is 17.3 Å². The van der Waals surface area contributed by atoms with E-state index >= 15 is 0 Å². The molecule has 6 heteroatoms. The number of ether oxygens (including phenoxy) is 1. The predicted molar refractivity (Wildman–Crippen MR) is 74.6 cm³/mol. The third-order valence-electron chi connectivity index (χ3n) is 2.95. The van der Waals surface area contributed by atoms with Crippen LogP contribution >= 0.6 is 15.9 Å². The molecule has 0 atom stereocenters. The lowest BCUT2D eigenvalue weighted by molar-refractivity contribution is -0.120. The average Bonchev–Trinajstić information content (AvgIpc) is 2.41. The van der Waals surface area contributed by atoms with Crippen molar-refractivity contribution in [2.24, 2.45) is 0 Å². The molecule has 0 aromatic heterocycles. The van der Waals surface area contributed by atoms with Crippen molar-refractivity contribution in [2.45, 2.75) is 18.9 Å². The summed E-state index contributed by atoms with van der Waals surface area (Å²) < 4.78 is 19.4. The highest BCUT2D eigenvalue weighted by atomic mass is 79.9. The maximum Gasteiger partial charge on any atom is 0.239 e. The number of benzene rings is 1. The van der Waals surface area contributed by atoms with Crippen LogP contribution in [0.3, 0.4) is 0 Å². The minimum Gasteiger partial charge on any atom is -0.381 e. The Morgan fingerprint density at radius 1 is 1.42 bits per heavy atom. The molecule has 0 radical (unpaired) electrons. The molecule has 2 rings (SSSR count). The van der Waals surface area contributed by atoms with E-state index in [0.29, 0.717) is 18.9 Å². The van der Waals surface area contributed by atoms with Crippen LogP contribution in [0.1, 0.15) is 12.8 Å². The van der Waals surface area contributed by atoms with Crippen molar-refractivity contribution in [1.82, 2.24) is 5.32 Å². The maximum absolute atomic E-state index is 13.4. The van der Waals surface area contributed by atoms with Gasteiger partial charge >= 0.3 is 0 Å². The van der Waals surface area contributed by atoms with Crippen LogP contribution in [0, 0.1) is 5.82 Å². The van der Waals surface area contributed by atoms with Gasteiger partial charge in [-0.2, -0.15) is 0 Å². The lowest BCUT2D eigenvalue weighted by Gasteiger charge is -2.23. The van der Waals surface area contributed by atoms with Crippen LogP contribution in [0.25, 0.3) is 0 Å². The number of hydrogen-bond acceptors (Lipinski definition) is 3. The fraction of sp³-hybridized carbons (Fsp3) is 0.462. The molecule has 0 aliphatic carbocycles. The van der Waals surface area contributed by atoms with Crippen molar-refractivity contribution in [1.29, 1.82) is 0 Å². The second kappa shape index (κ2) is 6.86. The Kier molecular flexibility index (Phi) is 5.15. The molecule has 1 fully saturated rings. The summed E-state index contributed by atoms with van der Waals surface area (Å²) in [6.45, 7) is 1.42. The highest BCUT2D eigenvalue weighted by Crippen LogP contribution is 2.19. The van der Waals surface area contributed by atoms with Gasteiger partial charge < -0.3 is 15.4 Å². The number of anilines is 1. The van der Waals surface area contributed by atoms with Crippen LogP contribution in [0.2, 0.25) is 0 Å². The number of rotatable bonds is 4. The Bertz CT molecular complexity index is 450. The Morgan fingerprint density at radius 3 is 2.89 bits per heavy atom. The third-order valence-corrected chi connectivity index (χ3v) is 3.45. The summed E-state index contributed by atoms with van der Waals surface area (Å²) in [4.78, 5) is 11.7. The molecule has 104 valence electrons. The smallest absolute Gasteiger partial charge is 0.239 e. The summed E-state index contributed by atoms with van der Waals surface area (Å²) in [5, 5.41) is 5.70. The number of halogens is 2. The largest absolute Gasteiger partial charge is 0.381 e. The number of carbonyl (C=O) groups excluding carboxylic acids is 1. The Hall–Kier alpha value is -1.14. The van der Waals surface area contributed by atoms with Crippen molar-refractivity contribution < 1.29 is 13.9 Å². The molecule has 1 aromatic carbocycles. The van der Waals surface area contributed by atoms with Gasteiger partial charge in [0, 0.05) is 23.7 Å². The average molecular weight is 331 g/mol. The lowest BCUT2D eigenvalue weighted by atomic mass is 10.1. The first-order valence-electron chi connectivity index (χ1n) is 6.21. The first-order valence-corrected chi connectivity index (χ1v) is 7.00. The zero-order valence-electron chi connectivity index (χ0n) is 10.4. The summed E-state index contributed by atoms with van der Waals surface area (Å²) in [5.41, 5.74) is 0.316. The zero-order chi connectivity index (χ0) is 13.7. The molecule has 0 spiro atoms. The van der Waals surface area contributed by atoms with Crippen LogP contribution in [-0.4, -0.2) is 31.7 Å². The molecule has 19 heavy (non-hydrogen) atoms. The van der Waals surface area contributed by atoms with Crippen molar-refractivity contribution in [2.75, 3.05) is 25.1 Å². The Balaban J connectivity index is 1.81. The first kappa shape index (κ1) is 14.3. The van der Waals surface area contributed by atoms with Gasteiger partial charge in [0.05, 0.1) is 12.2 Å². The normalized spacial score (nSPS) is 16.1. The van der Waals surface area contributed by atoms with Crippen molar-refractivity contribution in [3.05, 3.63) is 28.5 Å². The van der Waals surface area contributed by atoms with Crippen molar-refractivity contribution in [3.63, 3.8) is 0 Å². The van der Waals surface area contributed by atoms with E-state index in [1.54, 1.807) is 12.1 Å². The summed E-state index contributed by atoms with van der Waals surface area (Å²) in [5.74, 6) is -0.506. The summed E-state index contributed by atoms with van der Waals surface area (Å²) in [7, 11) is 0. The third kappa shape index (κ3) is 4.47. The second-order valence-corrected chi connectivity index (χ2v) is 5.35. The molecule has 0 unspecified atom stereocenters. The monoisotopic (exact) mass is 330 g/mol. The Labute approximate surface area is 119 Å². The summed E-state index contributed by atoms with van der Waals surface area (Å²) >= 11 is 3.26. The zero-order valence-corrected chi connectivity index (χ0v) is 12.0. The lowest BCUT2D eigenvalue weighted by Crippen LogP contribution is -2.41. The fourth-order valence-electron chi connectivity index (χ4n) is 1.93. The van der Waals surface area contributed by atoms with Gasteiger partial charge in [-0.15, -0.1) is 0 Å². The van der Waals surface area contributed by atoms with E-state index in [2.05, 4.69) is 26.6 Å². The van der Waals surface area contributed by atoms with E-state index < -0.39 is 0 Å². The van der Waals surface area contributed by atoms with Crippen LogP contribution in [0.4, 0.5) is 10.1 Å². The van der Waals surface area contributed by atoms with E-state index in [4.69, 9.17) is 4.74 Å². The van der Waals surface area contributed by atoms with Crippen LogP contribution in [0.5, 0.6) is 0 Å². The van der Waals surface area contributed by atoms with Crippen molar-refractivity contribution >= 4 is 27.5 Å². The van der Waals surface area contributed by atoms with Gasteiger partial charge in [-0.3, -0.25) is 4.79 Å². The molecule has 2 N–H and O–H groups in total. The minimum atomic E-state index is -0.373. The highest BCUT2D eigenvalue weighted by Gasteiger charge is 2.16. The van der Waals surface area contributed by atoms with Crippen molar-refractivity contribution in [3.8, 4) is 0 Å². The number of hydrogen-bond donors (Lipinski definition) is 2. The van der Waals surface area contributed by atoms with Crippen LogP contribution < -0.4 is 10.6 Å². The van der Waals surface area contributed by atoms with Gasteiger partial charge in [-0.05, 0) is 31.0 Å². The van der Waals surface area contributed by atoms with Crippen LogP contribution in [-0.2, 0) is 9.53 Å². The molecular weight excluding hydrogens is 315 g/mol. The quantitative estimate of drug-likeness (QED) is 0.890. The summed E-state index contributed by atoms with van der Waals surface area (Å²) in [6.07, 6.45) is 1.66. The minimum absolute atomic E-state index is 0.0602. The molecule has 1 aliphatic rings. The molecule has 1 saturated heterocycles. The van der Waals surface area contributed by atoms with Gasteiger partial charge in [0.2, 0.25) is 5.91 Å². The SMILES string of the molecule is O=C(CNc1cc(Br)ccc1F)NC1CCOCC1. The van der Waals surface area contributed by atoms with Gasteiger partial charge in [0.25, 0.3) is 0 Å². The molecule has 4 nitrogen and oxygen atoms in total. The van der Waals surface area contributed by atoms with Gasteiger partial charge in [0.1, 0.15) is 5.82 Å². The number of amides is 1. The Morgan fingerprint density at radius 2 is 2.16 bits per heavy atom. The van der Waals surface area contributed by atoms with E-state index in [-0.39, 0.29) is 24.3 Å². The maximum atomic E-state index is 13.4. The van der Waals surface area contributed by atoms with E-state index in [9.17, 15) is 9.18 Å². The summed E-state index contributed by atoms with van der Waals surface area (Å²) in [6, 6.07) is 4.73. The second-order valence-electron chi connectivity index (χ2n) is 4.43. The fourth-order valence-corrected chi connectivity index (χ4v) is 2.29. The highest BCUT2D eigenvalue weighted by molar-refractivity contribution is 9.10. The molecule has 1 heterocycles. The molecule has 1 amide bonds. The van der Waals surface area contributed by atoms with Crippen LogP contribution in [0.15, 0.2) is 22.7 Å². The molecule has 0 saturated carbocycles. The standard InChI is InChI=1S/C13H16BrFN2O2/c14-9-1-2-11(15)12(7-9)16-8-13(18)17-10-3-5-19-6-4-10/h1-2,7,10,16H,3-6,8H2,(H,17,18). The first-order chi connectivity index (χ1) is 9.15. The van der Waals surface area contributed by atoms with E-state index in [1.165, 1.54) is 6.07 Å². The topological polar surface area (TPSA) is 50.4 Å². The van der Waals surface area contributed by atoms with Gasteiger partial charge in [-0.1, -0.05) is 15.9 Å². The molecule has 0 bridgehead atoms. The molecule has 1 aliphatic heterocycles. The molecule has 1 aromatic rings. The predicted octanol–water partition coefficient (Wildman–Crippen LogP) is 2.30. The van der Waals surface area contributed by atoms with Gasteiger partial charge in [0.15, 0.2) is 0 Å². The number of nitrogens with one attached hydrogen (secondary N) is 2. The number of carbonyl (C=O) groups is 1.